The topological polar surface area (TPSA) is 43.4 Å². The average molecular weight is 414 g/mol. The predicted octanol–water partition coefficient (Wildman–Crippen LogP) is 4.14. The van der Waals surface area contributed by atoms with E-state index in [1.807, 2.05) is 38.1 Å². The summed E-state index contributed by atoms with van der Waals surface area (Å²) >= 11 is -0.768. The van der Waals surface area contributed by atoms with E-state index in [0.29, 0.717) is 23.0 Å². The second-order valence-electron chi connectivity index (χ2n) is 6.41. The molecule has 3 nitrogen and oxygen atoms in total. The van der Waals surface area contributed by atoms with Crippen molar-refractivity contribution in [3.8, 4) is 5.75 Å². The molecule has 22 heavy (non-hydrogen) atoms. The number of unbranched alkanes of at least 4 members (excludes halogenated alkanes) is 1. The maximum absolute atomic E-state index is 12.3. The molecule has 0 saturated heterocycles. The van der Waals surface area contributed by atoms with Gasteiger partial charge in [0.05, 0.1) is 13.7 Å². The number of hydrogen-bond acceptors (Lipinski definition) is 3. The van der Waals surface area contributed by atoms with E-state index in [4.69, 9.17) is 4.74 Å². The Morgan fingerprint density at radius 3 is 2.41 bits per heavy atom. The lowest BCUT2D eigenvalue weighted by molar-refractivity contribution is -0.122. The first kappa shape index (κ1) is 17.3. The van der Waals surface area contributed by atoms with E-state index in [0.717, 1.165) is 22.2 Å². The number of hydrogen-bond donors (Lipinski definition) is 0. The SMILES string of the molecule is CCCCOc1ccccc1I=C1C(=O)CC(C)(C)CC1=O. The summed E-state index contributed by atoms with van der Waals surface area (Å²) in [5, 5.41) is 0. The molecule has 1 aliphatic carbocycles. The second kappa shape index (κ2) is 7.49. The fraction of sp³-hybridized carbons (Fsp3) is 0.500. The number of carbonyl (C=O) groups excluding carboxylic acids is 2. The lowest BCUT2D eigenvalue weighted by Crippen LogP contribution is -2.36. The Labute approximate surface area is 142 Å². The molecule has 0 bridgehead atoms. The van der Waals surface area contributed by atoms with Crippen LogP contribution in [0.1, 0.15) is 46.5 Å². The van der Waals surface area contributed by atoms with E-state index in [1.54, 1.807) is 0 Å². The van der Waals surface area contributed by atoms with E-state index in [2.05, 4.69) is 6.92 Å². The number of ether oxygens (including phenoxy) is 1. The van der Waals surface area contributed by atoms with Crippen LogP contribution in [-0.2, 0) is 9.59 Å². The lowest BCUT2D eigenvalue weighted by Gasteiger charge is -2.28. The standard InChI is InChI=1S/C18H23IO3/c1-4-5-10-22-16-9-7-6-8-13(16)19-17-14(20)11-18(2,3)12-15(17)21/h6-9H,4-5,10-12H2,1-3H3. The summed E-state index contributed by atoms with van der Waals surface area (Å²) in [6.07, 6.45) is 3.05. The molecule has 2 rings (SSSR count). The third kappa shape index (κ3) is 4.48. The van der Waals surface area contributed by atoms with Gasteiger partial charge in [-0.3, -0.25) is 9.59 Å². The summed E-state index contributed by atoms with van der Waals surface area (Å²) in [6, 6.07) is 7.81. The Morgan fingerprint density at radius 1 is 1.14 bits per heavy atom. The number of carbonyl (C=O) groups is 2. The summed E-state index contributed by atoms with van der Waals surface area (Å²) in [5.74, 6) is 0.913. The van der Waals surface area contributed by atoms with Crippen molar-refractivity contribution in [3.05, 3.63) is 27.8 Å². The summed E-state index contributed by atoms with van der Waals surface area (Å²) < 4.78 is 7.40. The van der Waals surface area contributed by atoms with Crippen LogP contribution >= 0.6 is 20.7 Å². The minimum atomic E-state index is -0.768. The van der Waals surface area contributed by atoms with Gasteiger partial charge in [-0.25, -0.2) is 0 Å². The van der Waals surface area contributed by atoms with Crippen molar-refractivity contribution < 1.29 is 14.3 Å². The summed E-state index contributed by atoms with van der Waals surface area (Å²) in [7, 11) is 0. The molecule has 0 aliphatic heterocycles. The van der Waals surface area contributed by atoms with Gasteiger partial charge in [0.1, 0.15) is 5.75 Å². The first-order valence-corrected chi connectivity index (χ1v) is 9.89. The zero-order valence-corrected chi connectivity index (χ0v) is 15.6. The number of rotatable bonds is 5. The molecule has 0 N–H and O–H groups in total. The fourth-order valence-corrected chi connectivity index (χ4v) is 4.97. The Kier molecular flexibility index (Phi) is 5.89. The van der Waals surface area contributed by atoms with Crippen molar-refractivity contribution in [2.75, 3.05) is 6.61 Å². The Balaban J connectivity index is 2.25. The van der Waals surface area contributed by atoms with Crippen molar-refractivity contribution in [1.29, 1.82) is 0 Å². The Bertz CT molecular complexity index is 580. The molecule has 0 amide bonds. The van der Waals surface area contributed by atoms with Crippen LogP contribution in [0.25, 0.3) is 0 Å². The zero-order chi connectivity index (χ0) is 16.2. The van der Waals surface area contributed by atoms with Crippen molar-refractivity contribution in [2.45, 2.75) is 46.5 Å². The van der Waals surface area contributed by atoms with Gasteiger partial charge >= 0.3 is 0 Å². The fourth-order valence-electron chi connectivity index (χ4n) is 2.42. The van der Waals surface area contributed by atoms with E-state index < -0.39 is 20.7 Å². The molecule has 0 heterocycles. The molecule has 1 aromatic rings. The Hall–Kier alpha value is -1.04. The maximum atomic E-state index is 12.3. The number of para-hydroxylation sites is 1. The van der Waals surface area contributed by atoms with Gasteiger partial charge in [-0.05, 0) is 24.0 Å². The van der Waals surface area contributed by atoms with E-state index in [-0.39, 0.29) is 17.0 Å². The predicted molar refractivity (Wildman–Crippen MR) is 97.6 cm³/mol. The molecular formula is C18H23IO3. The van der Waals surface area contributed by atoms with Crippen molar-refractivity contribution in [3.63, 3.8) is 0 Å². The van der Waals surface area contributed by atoms with Crippen LogP contribution in [0.3, 0.4) is 0 Å². The van der Waals surface area contributed by atoms with Gasteiger partial charge < -0.3 is 4.74 Å². The smallest absolute Gasteiger partial charge is 0.172 e. The van der Waals surface area contributed by atoms with Gasteiger partial charge in [0.15, 0.2) is 11.6 Å². The van der Waals surface area contributed by atoms with Gasteiger partial charge in [0.2, 0.25) is 0 Å². The van der Waals surface area contributed by atoms with Crippen LogP contribution in [0, 0.1) is 8.99 Å². The monoisotopic (exact) mass is 414 g/mol. The quantitative estimate of drug-likeness (QED) is 0.538. The first-order valence-electron chi connectivity index (χ1n) is 7.73. The highest BCUT2D eigenvalue weighted by atomic mass is 127. The molecule has 1 saturated carbocycles. The number of Topliss-reactive ketones (excluding diaryl/α,β-unsaturated/α-hetero) is 2. The van der Waals surface area contributed by atoms with E-state index >= 15 is 0 Å². The highest BCUT2D eigenvalue weighted by Crippen LogP contribution is 2.34. The third-order valence-electron chi connectivity index (χ3n) is 3.56. The molecule has 0 unspecified atom stereocenters. The van der Waals surface area contributed by atoms with Crippen molar-refractivity contribution in [2.24, 2.45) is 5.41 Å². The summed E-state index contributed by atoms with van der Waals surface area (Å²) in [6.45, 7) is 6.78. The van der Waals surface area contributed by atoms with Crippen LogP contribution in [0.5, 0.6) is 5.75 Å². The normalized spacial score (nSPS) is 17.7. The van der Waals surface area contributed by atoms with Crippen molar-refractivity contribution in [1.82, 2.24) is 0 Å². The van der Waals surface area contributed by atoms with E-state index in [9.17, 15) is 9.59 Å². The molecule has 120 valence electrons. The maximum Gasteiger partial charge on any atom is 0.172 e. The highest BCUT2D eigenvalue weighted by molar-refractivity contribution is 14.2. The van der Waals surface area contributed by atoms with E-state index in [1.165, 1.54) is 0 Å². The molecule has 1 aliphatic rings. The highest BCUT2D eigenvalue weighted by Gasteiger charge is 2.36. The number of halogens is 1. The molecule has 0 spiro atoms. The van der Waals surface area contributed by atoms with Crippen LogP contribution in [0.15, 0.2) is 24.3 Å². The van der Waals surface area contributed by atoms with Crippen LogP contribution in [-0.4, -0.2) is 21.7 Å². The largest absolute Gasteiger partial charge is 0.493 e. The third-order valence-corrected chi connectivity index (χ3v) is 6.77. The van der Waals surface area contributed by atoms with Crippen LogP contribution in [0.4, 0.5) is 0 Å². The lowest BCUT2D eigenvalue weighted by atomic mass is 9.76. The average Bonchev–Trinajstić information content (AvgIpc) is 2.43. The molecule has 0 atom stereocenters. The molecular weight excluding hydrogens is 391 g/mol. The molecule has 1 aromatic carbocycles. The molecule has 0 aromatic heterocycles. The molecule has 4 heteroatoms. The molecule has 0 radical (unpaired) electrons. The molecule has 1 fully saturated rings. The van der Waals surface area contributed by atoms with Gasteiger partial charge in [0.25, 0.3) is 0 Å². The Morgan fingerprint density at radius 2 is 1.77 bits per heavy atom. The number of ketones is 2. The van der Waals surface area contributed by atoms with Crippen LogP contribution < -0.4 is 4.74 Å². The number of benzene rings is 1. The van der Waals surface area contributed by atoms with Gasteiger partial charge in [-0.15, -0.1) is 0 Å². The van der Waals surface area contributed by atoms with Gasteiger partial charge in [-0.1, -0.05) is 60.1 Å². The minimum Gasteiger partial charge on any atom is -0.493 e. The summed E-state index contributed by atoms with van der Waals surface area (Å²) in [5.41, 5.74) is -0.196. The van der Waals surface area contributed by atoms with Crippen molar-refractivity contribution >= 4 is 35.8 Å². The first-order chi connectivity index (χ1) is 10.4. The zero-order valence-electron chi connectivity index (χ0n) is 13.4. The van der Waals surface area contributed by atoms with Gasteiger partial charge in [-0.2, -0.15) is 0 Å². The second-order valence-corrected chi connectivity index (χ2v) is 9.19. The minimum absolute atomic E-state index is 0.0393. The van der Waals surface area contributed by atoms with Gasteiger partial charge in [0, 0.05) is 12.8 Å². The summed E-state index contributed by atoms with van der Waals surface area (Å²) in [4.78, 5) is 24.7. The van der Waals surface area contributed by atoms with Crippen LogP contribution in [0.2, 0.25) is 0 Å².